The Kier molecular flexibility index (Phi) is 5.67. The molecule has 1 N–H and O–H groups in total. The van der Waals surface area contributed by atoms with Gasteiger partial charge in [-0.05, 0) is 25.1 Å². The Morgan fingerprint density at radius 2 is 1.68 bits per heavy atom. The standard InChI is InChI=1S/C17H33NO3Si/c1-10(2)15(19)11(3)14-13(16(20)18-14)12(4)21-22(8,9)17(5,6)7/h10-14H,1-9H3,(H,18,20)/t11?,12?,13-,14+/m1/s1. The van der Waals surface area contributed by atoms with Crippen LogP contribution < -0.4 is 5.32 Å². The first-order chi connectivity index (χ1) is 9.79. The highest BCUT2D eigenvalue weighted by atomic mass is 28.4. The molecule has 0 saturated carbocycles. The number of ketones is 1. The van der Waals surface area contributed by atoms with Gasteiger partial charge in [0.1, 0.15) is 5.78 Å². The summed E-state index contributed by atoms with van der Waals surface area (Å²) >= 11 is 0. The van der Waals surface area contributed by atoms with Crippen molar-refractivity contribution in [3.05, 3.63) is 0 Å². The van der Waals surface area contributed by atoms with Crippen molar-refractivity contribution >= 4 is 20.0 Å². The first-order valence-corrected chi connectivity index (χ1v) is 11.2. The van der Waals surface area contributed by atoms with Crippen LogP contribution in [0.3, 0.4) is 0 Å². The zero-order valence-corrected chi connectivity index (χ0v) is 16.6. The van der Waals surface area contributed by atoms with Crippen molar-refractivity contribution in [1.29, 1.82) is 0 Å². The first-order valence-electron chi connectivity index (χ1n) is 8.31. The average molecular weight is 328 g/mol. The van der Waals surface area contributed by atoms with Gasteiger partial charge in [0.05, 0.1) is 18.1 Å². The molecule has 2 unspecified atom stereocenters. The maximum Gasteiger partial charge on any atom is 0.228 e. The lowest BCUT2D eigenvalue weighted by molar-refractivity contribution is -0.144. The fourth-order valence-corrected chi connectivity index (χ4v) is 4.21. The summed E-state index contributed by atoms with van der Waals surface area (Å²) in [4.78, 5) is 24.2. The molecule has 1 rings (SSSR count). The van der Waals surface area contributed by atoms with Crippen LogP contribution in [0, 0.1) is 17.8 Å². The van der Waals surface area contributed by atoms with Gasteiger partial charge < -0.3 is 9.74 Å². The second-order valence-corrected chi connectivity index (χ2v) is 13.2. The maximum absolute atomic E-state index is 12.2. The van der Waals surface area contributed by atoms with Crippen LogP contribution in [0.4, 0.5) is 0 Å². The summed E-state index contributed by atoms with van der Waals surface area (Å²) in [6, 6.07) is -0.0952. The molecule has 4 atom stereocenters. The molecular formula is C17H33NO3Si. The summed E-state index contributed by atoms with van der Waals surface area (Å²) in [6.07, 6.45) is -0.151. The summed E-state index contributed by atoms with van der Waals surface area (Å²) < 4.78 is 6.36. The van der Waals surface area contributed by atoms with Crippen molar-refractivity contribution in [3.8, 4) is 0 Å². The second-order valence-electron chi connectivity index (χ2n) is 8.49. The Labute approximate surface area is 136 Å². The van der Waals surface area contributed by atoms with Gasteiger partial charge in [0.25, 0.3) is 0 Å². The Hall–Kier alpha value is -0.683. The van der Waals surface area contributed by atoms with Gasteiger partial charge in [-0.15, -0.1) is 0 Å². The molecule has 4 nitrogen and oxygen atoms in total. The zero-order chi connectivity index (χ0) is 17.5. The molecule has 22 heavy (non-hydrogen) atoms. The van der Waals surface area contributed by atoms with E-state index in [1.165, 1.54) is 0 Å². The van der Waals surface area contributed by atoms with Gasteiger partial charge >= 0.3 is 0 Å². The van der Waals surface area contributed by atoms with E-state index in [4.69, 9.17) is 4.43 Å². The second kappa shape index (κ2) is 6.44. The van der Waals surface area contributed by atoms with E-state index in [0.717, 1.165) is 0 Å². The normalized spacial score (nSPS) is 25.5. The number of amides is 1. The summed E-state index contributed by atoms with van der Waals surface area (Å²) in [7, 11) is -1.92. The molecule has 1 heterocycles. The fourth-order valence-electron chi connectivity index (χ4n) is 2.78. The lowest BCUT2D eigenvalue weighted by Gasteiger charge is -2.47. The minimum Gasteiger partial charge on any atom is -0.413 e. The molecule has 5 heteroatoms. The molecule has 0 aromatic heterocycles. The number of carbonyl (C=O) groups is 2. The highest BCUT2D eigenvalue weighted by molar-refractivity contribution is 6.74. The molecule has 1 amide bonds. The van der Waals surface area contributed by atoms with Crippen molar-refractivity contribution < 1.29 is 14.0 Å². The van der Waals surface area contributed by atoms with Crippen molar-refractivity contribution in [2.24, 2.45) is 17.8 Å². The SMILES string of the molecule is CC(C)C(=O)C(C)[C@@H]1NC(=O)[C@@H]1C(C)O[Si](C)(C)C(C)(C)C. The van der Waals surface area contributed by atoms with E-state index < -0.39 is 8.32 Å². The largest absolute Gasteiger partial charge is 0.413 e. The van der Waals surface area contributed by atoms with Crippen LogP contribution in [-0.2, 0) is 14.0 Å². The van der Waals surface area contributed by atoms with Crippen LogP contribution in [0.25, 0.3) is 0 Å². The van der Waals surface area contributed by atoms with Gasteiger partial charge in [0.2, 0.25) is 5.91 Å². The predicted molar refractivity (Wildman–Crippen MR) is 92.2 cm³/mol. The van der Waals surface area contributed by atoms with E-state index in [2.05, 4.69) is 39.2 Å². The molecule has 1 saturated heterocycles. The number of β-lactam (4-membered cyclic amide) rings is 1. The van der Waals surface area contributed by atoms with Crippen molar-refractivity contribution in [3.63, 3.8) is 0 Å². The minimum absolute atomic E-state index is 0.00947. The van der Waals surface area contributed by atoms with Gasteiger partial charge in [-0.25, -0.2) is 0 Å². The van der Waals surface area contributed by atoms with E-state index in [1.54, 1.807) is 0 Å². The Morgan fingerprint density at radius 3 is 2.05 bits per heavy atom. The average Bonchev–Trinajstić information content (AvgIpc) is 2.31. The summed E-state index contributed by atoms with van der Waals surface area (Å²) in [6.45, 7) is 18.7. The summed E-state index contributed by atoms with van der Waals surface area (Å²) in [5.74, 6) is -0.168. The van der Waals surface area contributed by atoms with E-state index in [9.17, 15) is 9.59 Å². The fraction of sp³-hybridized carbons (Fsp3) is 0.882. The van der Waals surface area contributed by atoms with Crippen LogP contribution in [0.2, 0.25) is 18.1 Å². The Balaban J connectivity index is 2.82. The van der Waals surface area contributed by atoms with Crippen molar-refractivity contribution in [2.45, 2.75) is 78.7 Å². The summed E-state index contributed by atoms with van der Waals surface area (Å²) in [5.41, 5.74) is 0. The molecule has 1 aliphatic rings. The molecule has 0 aliphatic carbocycles. The van der Waals surface area contributed by atoms with Gasteiger partial charge in [-0.3, -0.25) is 9.59 Å². The van der Waals surface area contributed by atoms with E-state index in [0.29, 0.717) is 0 Å². The van der Waals surface area contributed by atoms with Crippen molar-refractivity contribution in [1.82, 2.24) is 5.32 Å². The highest BCUT2D eigenvalue weighted by Crippen LogP contribution is 2.39. The number of carbonyl (C=O) groups excluding carboxylic acids is 2. The zero-order valence-electron chi connectivity index (χ0n) is 15.6. The van der Waals surface area contributed by atoms with Gasteiger partial charge in [0.15, 0.2) is 8.32 Å². The molecule has 0 radical (unpaired) electrons. The predicted octanol–water partition coefficient (Wildman–Crippen LogP) is 3.37. The molecule has 0 aromatic carbocycles. The number of rotatable bonds is 6. The number of nitrogens with one attached hydrogen (secondary N) is 1. The topological polar surface area (TPSA) is 55.4 Å². The lowest BCUT2D eigenvalue weighted by atomic mass is 9.75. The number of hydrogen-bond acceptors (Lipinski definition) is 3. The van der Waals surface area contributed by atoms with Gasteiger partial charge in [0, 0.05) is 11.8 Å². The number of Topliss-reactive ketones (excluding diaryl/α,β-unsaturated/α-hetero) is 1. The monoisotopic (exact) mass is 327 g/mol. The third-order valence-electron chi connectivity index (χ3n) is 5.35. The Morgan fingerprint density at radius 1 is 1.18 bits per heavy atom. The smallest absolute Gasteiger partial charge is 0.228 e. The van der Waals surface area contributed by atoms with Crippen LogP contribution in [0.1, 0.15) is 48.5 Å². The molecule has 128 valence electrons. The van der Waals surface area contributed by atoms with Gasteiger partial charge in [-0.2, -0.15) is 0 Å². The molecule has 0 bridgehead atoms. The maximum atomic E-state index is 12.2. The quantitative estimate of drug-likeness (QED) is 0.601. The molecule has 0 aromatic rings. The Bertz CT molecular complexity index is 440. The molecule has 1 aliphatic heterocycles. The van der Waals surface area contributed by atoms with Crippen LogP contribution >= 0.6 is 0 Å². The van der Waals surface area contributed by atoms with Crippen LogP contribution in [0.5, 0.6) is 0 Å². The van der Waals surface area contributed by atoms with Crippen LogP contribution in [-0.4, -0.2) is 32.2 Å². The number of hydrogen-bond donors (Lipinski definition) is 1. The molecule has 0 spiro atoms. The third-order valence-corrected chi connectivity index (χ3v) is 9.92. The lowest BCUT2D eigenvalue weighted by Crippen LogP contribution is -2.67. The highest BCUT2D eigenvalue weighted by Gasteiger charge is 2.50. The van der Waals surface area contributed by atoms with Crippen molar-refractivity contribution in [2.75, 3.05) is 0 Å². The van der Waals surface area contributed by atoms with Crippen LogP contribution in [0.15, 0.2) is 0 Å². The van der Waals surface area contributed by atoms with Gasteiger partial charge in [-0.1, -0.05) is 41.5 Å². The van der Waals surface area contributed by atoms with E-state index in [-0.39, 0.29) is 46.6 Å². The summed E-state index contributed by atoms with van der Waals surface area (Å²) in [5, 5.41) is 3.02. The van der Waals surface area contributed by atoms with E-state index >= 15 is 0 Å². The molecule has 1 fully saturated rings. The first kappa shape index (κ1) is 19.4. The van der Waals surface area contributed by atoms with E-state index in [1.807, 2.05) is 27.7 Å². The third kappa shape index (κ3) is 3.80. The molecular weight excluding hydrogens is 294 g/mol. The minimum atomic E-state index is -1.92.